The van der Waals surface area contributed by atoms with Gasteiger partial charge in [-0.1, -0.05) is 0 Å². The summed E-state index contributed by atoms with van der Waals surface area (Å²) >= 11 is 0. The zero-order valence-corrected chi connectivity index (χ0v) is 9.23. The highest BCUT2D eigenvalue weighted by Gasteiger charge is 2.82. The SMILES string of the molecule is NCC(O)C(O)C(O)C1(O)OP2(=O)OC1(O)O2. The predicted octanol–water partition coefficient (Wildman–Crippen LogP) is -3.45. The van der Waals surface area contributed by atoms with E-state index in [9.17, 15) is 30.1 Å². The van der Waals surface area contributed by atoms with Crippen LogP contribution >= 0.6 is 7.82 Å². The molecule has 0 saturated carbocycles. The topological polar surface area (TPSA) is 172 Å². The van der Waals surface area contributed by atoms with Crippen LogP contribution in [-0.4, -0.2) is 62.1 Å². The van der Waals surface area contributed by atoms with E-state index in [1.54, 1.807) is 0 Å². The van der Waals surface area contributed by atoms with E-state index in [2.05, 4.69) is 13.6 Å². The molecule has 0 aromatic heterocycles. The van der Waals surface area contributed by atoms with Crippen LogP contribution in [0.15, 0.2) is 0 Å². The Bertz CT molecular complexity index is 366. The molecule has 4 unspecified atom stereocenters. The summed E-state index contributed by atoms with van der Waals surface area (Å²) in [5, 5.41) is 47.4. The summed E-state index contributed by atoms with van der Waals surface area (Å²) in [5.41, 5.74) is 5.03. The molecule has 10 nitrogen and oxygen atoms in total. The Labute approximate surface area is 94.8 Å². The van der Waals surface area contributed by atoms with Crippen LogP contribution in [0.5, 0.6) is 0 Å². The van der Waals surface area contributed by atoms with Crippen molar-refractivity contribution in [3.63, 3.8) is 0 Å². The maximum atomic E-state index is 11.2. The molecule has 3 saturated heterocycles. The number of hydrogen-bond donors (Lipinski definition) is 6. The van der Waals surface area contributed by atoms with Gasteiger partial charge in [0.05, 0.1) is 6.10 Å². The van der Waals surface area contributed by atoms with Crippen molar-refractivity contribution in [3.8, 4) is 0 Å². The Kier molecular flexibility index (Phi) is 2.88. The molecule has 0 aromatic carbocycles. The van der Waals surface area contributed by atoms with Crippen molar-refractivity contribution in [2.45, 2.75) is 30.1 Å². The van der Waals surface area contributed by atoms with Crippen LogP contribution in [0.2, 0.25) is 0 Å². The van der Waals surface area contributed by atoms with Gasteiger partial charge in [0.2, 0.25) is 0 Å². The van der Waals surface area contributed by atoms with Gasteiger partial charge in [-0.25, -0.2) is 18.1 Å². The van der Waals surface area contributed by atoms with Crippen molar-refractivity contribution in [1.29, 1.82) is 0 Å². The minimum atomic E-state index is -4.10. The first kappa shape index (κ1) is 13.3. The molecule has 0 amide bonds. The summed E-state index contributed by atoms with van der Waals surface area (Å²) < 4.78 is 24.1. The summed E-state index contributed by atoms with van der Waals surface area (Å²) in [5.74, 6) is -5.82. The quantitative estimate of drug-likeness (QED) is 0.283. The van der Waals surface area contributed by atoms with Gasteiger partial charge in [-0.15, -0.1) is 0 Å². The second-order valence-electron chi connectivity index (χ2n) is 3.74. The summed E-state index contributed by atoms with van der Waals surface area (Å²) in [6.07, 6.45) is -5.81. The zero-order chi connectivity index (χ0) is 13.1. The van der Waals surface area contributed by atoms with E-state index in [0.717, 1.165) is 0 Å². The third-order valence-electron chi connectivity index (χ3n) is 2.53. The van der Waals surface area contributed by atoms with Gasteiger partial charge >= 0.3 is 13.8 Å². The first-order valence-electron chi connectivity index (χ1n) is 4.59. The number of rotatable bonds is 4. The Morgan fingerprint density at radius 2 is 1.71 bits per heavy atom. The summed E-state index contributed by atoms with van der Waals surface area (Å²) in [6.45, 7) is -0.424. The molecule has 3 aliphatic heterocycles. The van der Waals surface area contributed by atoms with Crippen molar-refractivity contribution in [1.82, 2.24) is 0 Å². The van der Waals surface area contributed by atoms with Crippen LogP contribution < -0.4 is 5.73 Å². The molecule has 3 aliphatic rings. The maximum absolute atomic E-state index is 11.2. The van der Waals surface area contributed by atoms with E-state index >= 15 is 0 Å². The largest absolute Gasteiger partial charge is 0.486 e. The lowest BCUT2D eigenvalue weighted by Crippen LogP contribution is -2.64. The van der Waals surface area contributed by atoms with Crippen LogP contribution in [0.3, 0.4) is 0 Å². The first-order chi connectivity index (χ1) is 7.67. The number of hydrogen-bond acceptors (Lipinski definition) is 10. The molecule has 7 N–H and O–H groups in total. The van der Waals surface area contributed by atoms with Crippen LogP contribution in [0.4, 0.5) is 0 Å². The summed E-state index contributed by atoms with van der Waals surface area (Å²) in [6, 6.07) is 0. The molecule has 0 aromatic rings. The standard InChI is InChI=1S/C6H12NO9P/c7-1-2(8)3(9)4(10)5(11)6(12)15-17(13,14-5)16-6/h2-4,8-12H,1,7H2. The smallest absolute Gasteiger partial charge is 0.389 e. The molecule has 0 radical (unpaired) electrons. The minimum absolute atomic E-state index is 0.424. The van der Waals surface area contributed by atoms with Crippen LogP contribution in [0.25, 0.3) is 0 Å². The van der Waals surface area contributed by atoms with Gasteiger partial charge < -0.3 is 31.3 Å². The monoisotopic (exact) mass is 273 g/mol. The molecule has 100 valence electrons. The summed E-state index contributed by atoms with van der Waals surface area (Å²) in [4.78, 5) is 0. The lowest BCUT2D eigenvalue weighted by atomic mass is 9.98. The molecule has 0 aliphatic carbocycles. The van der Waals surface area contributed by atoms with E-state index < -0.39 is 44.4 Å². The Morgan fingerprint density at radius 3 is 2.06 bits per heavy atom. The number of nitrogens with two attached hydrogens (primary N) is 1. The first-order valence-corrected chi connectivity index (χ1v) is 6.05. The lowest BCUT2D eigenvalue weighted by molar-refractivity contribution is -0.416. The van der Waals surface area contributed by atoms with E-state index in [0.29, 0.717) is 0 Å². The third-order valence-corrected chi connectivity index (χ3v) is 3.98. The van der Waals surface area contributed by atoms with Crippen molar-refractivity contribution < 1.29 is 43.7 Å². The molecular formula is C6H12NO9P. The molecule has 2 bridgehead atoms. The normalized spacial score (nSPS) is 49.5. The lowest BCUT2D eigenvalue weighted by Gasteiger charge is -2.37. The zero-order valence-electron chi connectivity index (χ0n) is 8.33. The van der Waals surface area contributed by atoms with Gasteiger partial charge in [0.25, 0.3) is 5.79 Å². The number of phosphoric acid groups is 1. The van der Waals surface area contributed by atoms with E-state index in [-0.39, 0.29) is 0 Å². The Morgan fingerprint density at radius 1 is 1.18 bits per heavy atom. The Balaban J connectivity index is 2.20. The molecule has 4 atom stereocenters. The highest BCUT2D eigenvalue weighted by atomic mass is 31.2. The second-order valence-corrected chi connectivity index (χ2v) is 5.18. The molecule has 3 rings (SSSR count). The van der Waals surface area contributed by atoms with Gasteiger partial charge in [-0.3, -0.25) is 0 Å². The average molecular weight is 273 g/mol. The van der Waals surface area contributed by atoms with Crippen molar-refractivity contribution >= 4 is 7.82 Å². The van der Waals surface area contributed by atoms with Gasteiger partial charge in [0, 0.05) is 6.54 Å². The predicted molar refractivity (Wildman–Crippen MR) is 47.8 cm³/mol. The number of fused-ring (bicyclic) bond motifs is 1. The molecule has 17 heavy (non-hydrogen) atoms. The van der Waals surface area contributed by atoms with Crippen molar-refractivity contribution in [2.75, 3.05) is 6.54 Å². The van der Waals surface area contributed by atoms with Crippen LogP contribution in [0.1, 0.15) is 0 Å². The molecular weight excluding hydrogens is 261 g/mol. The fraction of sp³-hybridized carbons (Fsp3) is 1.00. The highest BCUT2D eigenvalue weighted by molar-refractivity contribution is 7.50. The van der Waals surface area contributed by atoms with E-state index in [1.807, 2.05) is 0 Å². The summed E-state index contributed by atoms with van der Waals surface area (Å²) in [7, 11) is -4.10. The molecule has 11 heteroatoms. The third kappa shape index (κ3) is 1.66. The maximum Gasteiger partial charge on any atom is 0.486 e. The van der Waals surface area contributed by atoms with Crippen molar-refractivity contribution in [3.05, 3.63) is 0 Å². The fourth-order valence-electron chi connectivity index (χ4n) is 1.53. The van der Waals surface area contributed by atoms with Crippen LogP contribution in [-0.2, 0) is 18.1 Å². The van der Waals surface area contributed by atoms with E-state index in [1.165, 1.54) is 0 Å². The fourth-order valence-corrected chi connectivity index (χ4v) is 3.05. The minimum Gasteiger partial charge on any atom is -0.389 e. The van der Waals surface area contributed by atoms with E-state index in [4.69, 9.17) is 5.73 Å². The number of aliphatic hydroxyl groups is 5. The van der Waals surface area contributed by atoms with Gasteiger partial charge in [-0.05, 0) is 0 Å². The second kappa shape index (κ2) is 3.68. The number of phosphoric ester groups is 1. The molecule has 3 heterocycles. The number of aliphatic hydroxyl groups excluding tert-OH is 3. The van der Waals surface area contributed by atoms with Crippen molar-refractivity contribution in [2.24, 2.45) is 5.73 Å². The van der Waals surface area contributed by atoms with Gasteiger partial charge in [0.15, 0.2) is 0 Å². The van der Waals surface area contributed by atoms with Gasteiger partial charge in [0.1, 0.15) is 12.2 Å². The molecule has 3 fully saturated rings. The van der Waals surface area contributed by atoms with Gasteiger partial charge in [-0.2, -0.15) is 0 Å². The average Bonchev–Trinajstić information content (AvgIpc) is 2.55. The molecule has 0 spiro atoms. The highest BCUT2D eigenvalue weighted by Crippen LogP contribution is 2.76. The Hall–Kier alpha value is -0.130. The van der Waals surface area contributed by atoms with Crippen LogP contribution in [0, 0.1) is 0 Å².